The van der Waals surface area contributed by atoms with E-state index >= 15 is 0 Å². The zero-order chi connectivity index (χ0) is 9.26. The molecule has 0 spiro atoms. The molecule has 0 bridgehead atoms. The van der Waals surface area contributed by atoms with Crippen molar-refractivity contribution in [1.82, 2.24) is 0 Å². The molecule has 2 rings (SSSR count). The zero-order valence-electron chi connectivity index (χ0n) is 7.86. The Kier molecular flexibility index (Phi) is 2.23. The Hall–Kier alpha value is -1.02. The van der Waals surface area contributed by atoms with Crippen LogP contribution in [-0.4, -0.2) is 7.11 Å². The van der Waals surface area contributed by atoms with Crippen molar-refractivity contribution in [2.24, 2.45) is 11.7 Å². The van der Waals surface area contributed by atoms with E-state index in [9.17, 15) is 0 Å². The van der Waals surface area contributed by atoms with E-state index in [1.165, 1.54) is 18.4 Å². The third-order valence-electron chi connectivity index (χ3n) is 2.63. The summed E-state index contributed by atoms with van der Waals surface area (Å²) in [7, 11) is 1.68. The molecule has 1 aliphatic rings. The fraction of sp³-hybridized carbons (Fsp3) is 0.455. The summed E-state index contributed by atoms with van der Waals surface area (Å²) >= 11 is 0. The van der Waals surface area contributed by atoms with Gasteiger partial charge < -0.3 is 10.5 Å². The Morgan fingerprint density at radius 3 is 2.38 bits per heavy atom. The van der Waals surface area contributed by atoms with Crippen LogP contribution < -0.4 is 10.5 Å². The number of nitrogens with two attached hydrogens (primary N) is 1. The van der Waals surface area contributed by atoms with E-state index in [0.29, 0.717) is 5.92 Å². The third kappa shape index (κ3) is 1.83. The van der Waals surface area contributed by atoms with Gasteiger partial charge in [0, 0.05) is 6.04 Å². The molecule has 2 heteroatoms. The van der Waals surface area contributed by atoms with Gasteiger partial charge in [-0.25, -0.2) is 0 Å². The summed E-state index contributed by atoms with van der Waals surface area (Å²) in [6.45, 7) is 0. The highest BCUT2D eigenvalue weighted by Crippen LogP contribution is 2.39. The normalized spacial score (nSPS) is 18.3. The van der Waals surface area contributed by atoms with Gasteiger partial charge in [-0.3, -0.25) is 0 Å². The molecule has 1 fully saturated rings. The zero-order valence-corrected chi connectivity index (χ0v) is 7.86. The maximum absolute atomic E-state index is 6.05. The van der Waals surface area contributed by atoms with Gasteiger partial charge in [0.15, 0.2) is 0 Å². The van der Waals surface area contributed by atoms with E-state index in [-0.39, 0.29) is 6.04 Å². The molecule has 1 aromatic carbocycles. The molecule has 0 saturated heterocycles. The monoisotopic (exact) mass is 177 g/mol. The molecule has 2 N–H and O–H groups in total. The van der Waals surface area contributed by atoms with Crippen molar-refractivity contribution in [3.8, 4) is 5.75 Å². The number of benzene rings is 1. The van der Waals surface area contributed by atoms with Crippen molar-refractivity contribution in [1.29, 1.82) is 0 Å². The van der Waals surface area contributed by atoms with E-state index in [1.54, 1.807) is 7.11 Å². The first-order valence-corrected chi connectivity index (χ1v) is 4.71. The molecule has 13 heavy (non-hydrogen) atoms. The van der Waals surface area contributed by atoms with Gasteiger partial charge in [-0.05, 0) is 36.5 Å². The fourth-order valence-electron chi connectivity index (χ4n) is 1.55. The van der Waals surface area contributed by atoms with Crippen LogP contribution in [0.5, 0.6) is 5.75 Å². The predicted molar refractivity (Wildman–Crippen MR) is 52.6 cm³/mol. The molecule has 1 saturated carbocycles. The largest absolute Gasteiger partial charge is 0.497 e. The van der Waals surface area contributed by atoms with Crippen molar-refractivity contribution in [2.75, 3.05) is 7.11 Å². The highest BCUT2D eigenvalue weighted by Gasteiger charge is 2.29. The van der Waals surface area contributed by atoms with Gasteiger partial charge in [-0.15, -0.1) is 0 Å². The second-order valence-electron chi connectivity index (χ2n) is 3.64. The van der Waals surface area contributed by atoms with Crippen LogP contribution in [0, 0.1) is 5.92 Å². The Bertz CT molecular complexity index is 277. The Morgan fingerprint density at radius 1 is 1.31 bits per heavy atom. The molecule has 70 valence electrons. The second kappa shape index (κ2) is 3.38. The molecule has 0 aliphatic heterocycles. The van der Waals surface area contributed by atoms with Gasteiger partial charge in [0.2, 0.25) is 0 Å². The van der Waals surface area contributed by atoms with Crippen LogP contribution in [0.1, 0.15) is 24.4 Å². The van der Waals surface area contributed by atoms with Crippen molar-refractivity contribution < 1.29 is 4.74 Å². The smallest absolute Gasteiger partial charge is 0.118 e. The summed E-state index contributed by atoms with van der Waals surface area (Å²) < 4.78 is 5.08. The minimum absolute atomic E-state index is 0.228. The molecule has 1 aliphatic carbocycles. The number of ether oxygens (including phenoxy) is 1. The molecular weight excluding hydrogens is 162 g/mol. The molecule has 0 amide bonds. The molecular formula is C11H15NO. The van der Waals surface area contributed by atoms with Crippen molar-refractivity contribution in [3.63, 3.8) is 0 Å². The first-order valence-electron chi connectivity index (χ1n) is 4.71. The third-order valence-corrected chi connectivity index (χ3v) is 2.63. The highest BCUT2D eigenvalue weighted by atomic mass is 16.5. The van der Waals surface area contributed by atoms with Crippen LogP contribution in [0.15, 0.2) is 24.3 Å². The van der Waals surface area contributed by atoms with Gasteiger partial charge in [-0.1, -0.05) is 12.1 Å². The summed E-state index contributed by atoms with van der Waals surface area (Å²) in [6, 6.07) is 8.28. The summed E-state index contributed by atoms with van der Waals surface area (Å²) in [5.41, 5.74) is 7.28. The van der Waals surface area contributed by atoms with E-state index in [1.807, 2.05) is 12.1 Å². The van der Waals surface area contributed by atoms with E-state index in [2.05, 4.69) is 12.1 Å². The molecule has 1 aromatic rings. The molecule has 0 radical (unpaired) electrons. The van der Waals surface area contributed by atoms with Crippen LogP contribution in [-0.2, 0) is 0 Å². The summed E-state index contributed by atoms with van der Waals surface area (Å²) in [6.07, 6.45) is 2.57. The lowest BCUT2D eigenvalue weighted by Gasteiger charge is -2.10. The van der Waals surface area contributed by atoms with Crippen LogP contribution in [0.25, 0.3) is 0 Å². The summed E-state index contributed by atoms with van der Waals surface area (Å²) in [4.78, 5) is 0. The predicted octanol–water partition coefficient (Wildman–Crippen LogP) is 2.10. The first-order chi connectivity index (χ1) is 6.31. The van der Waals surface area contributed by atoms with Gasteiger partial charge in [0.25, 0.3) is 0 Å². The summed E-state index contributed by atoms with van der Waals surface area (Å²) in [5.74, 6) is 1.61. The minimum Gasteiger partial charge on any atom is -0.497 e. The van der Waals surface area contributed by atoms with Crippen LogP contribution in [0.3, 0.4) is 0 Å². The van der Waals surface area contributed by atoms with E-state index < -0.39 is 0 Å². The standard InChI is InChI=1S/C11H15NO/c1-13-10-6-4-9(5-7-10)11(12)8-2-3-8/h4-8,11H,2-3,12H2,1H3/t11-/m0/s1. The van der Waals surface area contributed by atoms with Crippen molar-refractivity contribution in [2.45, 2.75) is 18.9 Å². The molecule has 1 atom stereocenters. The SMILES string of the molecule is COc1ccc([C@@H](N)C2CC2)cc1. The Balaban J connectivity index is 2.11. The number of hydrogen-bond acceptors (Lipinski definition) is 2. The average Bonchev–Trinajstić information content (AvgIpc) is 3.00. The topological polar surface area (TPSA) is 35.2 Å². The number of rotatable bonds is 3. The maximum Gasteiger partial charge on any atom is 0.118 e. The van der Waals surface area contributed by atoms with Crippen LogP contribution in [0.4, 0.5) is 0 Å². The molecule has 0 aromatic heterocycles. The first kappa shape index (κ1) is 8.57. The quantitative estimate of drug-likeness (QED) is 0.767. The van der Waals surface area contributed by atoms with Gasteiger partial charge in [-0.2, -0.15) is 0 Å². The van der Waals surface area contributed by atoms with Gasteiger partial charge in [0.1, 0.15) is 5.75 Å². The summed E-state index contributed by atoms with van der Waals surface area (Å²) in [5, 5.41) is 0. The van der Waals surface area contributed by atoms with Gasteiger partial charge >= 0.3 is 0 Å². The number of hydrogen-bond donors (Lipinski definition) is 1. The lowest BCUT2D eigenvalue weighted by molar-refractivity contribution is 0.414. The lowest BCUT2D eigenvalue weighted by atomic mass is 10.0. The van der Waals surface area contributed by atoms with E-state index in [4.69, 9.17) is 10.5 Å². The number of methoxy groups -OCH3 is 1. The van der Waals surface area contributed by atoms with Crippen molar-refractivity contribution in [3.05, 3.63) is 29.8 Å². The van der Waals surface area contributed by atoms with Crippen LogP contribution in [0.2, 0.25) is 0 Å². The Labute approximate surface area is 78.7 Å². The second-order valence-corrected chi connectivity index (χ2v) is 3.64. The molecule has 2 nitrogen and oxygen atoms in total. The fourth-order valence-corrected chi connectivity index (χ4v) is 1.55. The van der Waals surface area contributed by atoms with E-state index in [0.717, 1.165) is 5.75 Å². The van der Waals surface area contributed by atoms with Crippen molar-refractivity contribution >= 4 is 0 Å². The Morgan fingerprint density at radius 2 is 1.92 bits per heavy atom. The molecule has 0 heterocycles. The maximum atomic E-state index is 6.05. The average molecular weight is 177 g/mol. The minimum atomic E-state index is 0.228. The highest BCUT2D eigenvalue weighted by molar-refractivity contribution is 5.29. The van der Waals surface area contributed by atoms with Crippen LogP contribution >= 0.6 is 0 Å². The lowest BCUT2D eigenvalue weighted by Crippen LogP contribution is -2.11. The van der Waals surface area contributed by atoms with Gasteiger partial charge in [0.05, 0.1) is 7.11 Å². The molecule has 0 unspecified atom stereocenters.